The summed E-state index contributed by atoms with van der Waals surface area (Å²) in [4.78, 5) is 13.8. The Morgan fingerprint density at radius 3 is 2.88 bits per heavy atom. The molecule has 1 aliphatic rings. The number of anilines is 1. The monoisotopic (exact) mass is 337 g/mol. The number of halogens is 3. The zero-order chi connectivity index (χ0) is 17.0. The van der Waals surface area contributed by atoms with Crippen molar-refractivity contribution in [2.75, 3.05) is 25.0 Å². The normalized spacial score (nSPS) is 18.7. The van der Waals surface area contributed by atoms with Gasteiger partial charge in [-0.1, -0.05) is 6.07 Å². The minimum atomic E-state index is -4.45. The Morgan fingerprint density at radius 1 is 1.25 bits per heavy atom. The Morgan fingerprint density at radius 2 is 2.12 bits per heavy atom. The van der Waals surface area contributed by atoms with Crippen LogP contribution in [0.3, 0.4) is 0 Å². The number of hydrogen-bond acceptors (Lipinski definition) is 5. The standard InChI is InChI=1S/C16H18F3N5/c17-16(18,19)14-3-7-21-15(23-14)22-13-5-9-24(11-13)8-4-12-2-1-6-20-10-12/h1-3,6-7,10,13H,4-5,8-9,11H2,(H,21,22,23). The predicted molar refractivity (Wildman–Crippen MR) is 83.4 cm³/mol. The van der Waals surface area contributed by atoms with Crippen molar-refractivity contribution >= 4 is 5.95 Å². The lowest BCUT2D eigenvalue weighted by molar-refractivity contribution is -0.141. The number of alkyl halides is 3. The second-order valence-corrected chi connectivity index (χ2v) is 5.81. The molecule has 0 aromatic carbocycles. The summed E-state index contributed by atoms with van der Waals surface area (Å²) >= 11 is 0. The third kappa shape index (κ3) is 4.41. The van der Waals surface area contributed by atoms with E-state index in [0.29, 0.717) is 0 Å². The highest BCUT2D eigenvalue weighted by molar-refractivity contribution is 5.28. The maximum absolute atomic E-state index is 12.7. The molecule has 1 saturated heterocycles. The number of nitrogens with zero attached hydrogens (tertiary/aromatic N) is 4. The number of nitrogens with one attached hydrogen (secondary N) is 1. The predicted octanol–water partition coefficient (Wildman–Crippen LogP) is 2.62. The van der Waals surface area contributed by atoms with Crippen LogP contribution in [0.5, 0.6) is 0 Å². The van der Waals surface area contributed by atoms with Crippen LogP contribution >= 0.6 is 0 Å². The molecule has 0 saturated carbocycles. The van der Waals surface area contributed by atoms with E-state index < -0.39 is 11.9 Å². The molecular formula is C16H18F3N5. The lowest BCUT2D eigenvalue weighted by Crippen LogP contribution is -2.28. The fourth-order valence-electron chi connectivity index (χ4n) is 2.76. The maximum atomic E-state index is 12.7. The molecule has 24 heavy (non-hydrogen) atoms. The van der Waals surface area contributed by atoms with E-state index in [4.69, 9.17) is 0 Å². The van der Waals surface area contributed by atoms with Crippen molar-refractivity contribution in [2.45, 2.75) is 25.1 Å². The van der Waals surface area contributed by atoms with Crippen LogP contribution in [0.1, 0.15) is 17.7 Å². The molecular weight excluding hydrogens is 319 g/mol. The van der Waals surface area contributed by atoms with Gasteiger partial charge in [-0.2, -0.15) is 13.2 Å². The highest BCUT2D eigenvalue weighted by Gasteiger charge is 2.33. The Bertz CT molecular complexity index is 662. The Kier molecular flexibility index (Phi) is 4.94. The molecule has 2 aromatic heterocycles. The summed E-state index contributed by atoms with van der Waals surface area (Å²) in [6.45, 7) is 2.56. The van der Waals surface area contributed by atoms with Gasteiger partial charge in [0, 0.05) is 44.3 Å². The van der Waals surface area contributed by atoms with Crippen LogP contribution in [0, 0.1) is 0 Å². The topological polar surface area (TPSA) is 53.9 Å². The smallest absolute Gasteiger partial charge is 0.350 e. The van der Waals surface area contributed by atoms with E-state index >= 15 is 0 Å². The van der Waals surface area contributed by atoms with Crippen molar-refractivity contribution < 1.29 is 13.2 Å². The van der Waals surface area contributed by atoms with E-state index in [-0.39, 0.29) is 12.0 Å². The van der Waals surface area contributed by atoms with Gasteiger partial charge in [0.05, 0.1) is 0 Å². The fourth-order valence-corrected chi connectivity index (χ4v) is 2.76. The number of likely N-dealkylation sites (tertiary alicyclic amines) is 1. The van der Waals surface area contributed by atoms with Crippen LogP contribution in [-0.4, -0.2) is 45.5 Å². The highest BCUT2D eigenvalue weighted by Crippen LogP contribution is 2.27. The minimum Gasteiger partial charge on any atom is -0.350 e. The van der Waals surface area contributed by atoms with Gasteiger partial charge in [-0.3, -0.25) is 4.98 Å². The molecule has 1 N–H and O–H groups in total. The quantitative estimate of drug-likeness (QED) is 0.909. The molecule has 0 amide bonds. The summed E-state index contributed by atoms with van der Waals surface area (Å²) in [6.07, 6.45) is 2.03. The number of rotatable bonds is 5. The van der Waals surface area contributed by atoms with Crippen LogP contribution in [0.2, 0.25) is 0 Å². The van der Waals surface area contributed by atoms with Crippen molar-refractivity contribution in [1.82, 2.24) is 19.9 Å². The molecule has 5 nitrogen and oxygen atoms in total. The summed E-state index contributed by atoms with van der Waals surface area (Å²) in [5.74, 6) is 0.0314. The average Bonchev–Trinajstić information content (AvgIpc) is 3.01. The molecule has 1 unspecified atom stereocenters. The van der Waals surface area contributed by atoms with Crippen molar-refractivity contribution in [2.24, 2.45) is 0 Å². The maximum Gasteiger partial charge on any atom is 0.433 e. The van der Waals surface area contributed by atoms with Crippen LogP contribution < -0.4 is 5.32 Å². The first-order chi connectivity index (χ1) is 11.5. The highest BCUT2D eigenvalue weighted by atomic mass is 19.4. The molecule has 128 valence electrons. The first kappa shape index (κ1) is 16.6. The lowest BCUT2D eigenvalue weighted by Gasteiger charge is -2.17. The Balaban J connectivity index is 1.51. The average molecular weight is 337 g/mol. The molecule has 1 atom stereocenters. The summed E-state index contributed by atoms with van der Waals surface area (Å²) in [7, 11) is 0. The third-order valence-electron chi connectivity index (χ3n) is 3.99. The van der Waals surface area contributed by atoms with E-state index in [9.17, 15) is 13.2 Å². The lowest BCUT2D eigenvalue weighted by atomic mass is 10.2. The molecule has 3 heterocycles. The fraction of sp³-hybridized carbons (Fsp3) is 0.438. The van der Waals surface area contributed by atoms with Crippen molar-refractivity contribution in [3.8, 4) is 0 Å². The Hall–Kier alpha value is -2.22. The Labute approximate surface area is 138 Å². The van der Waals surface area contributed by atoms with Gasteiger partial charge in [0.2, 0.25) is 5.95 Å². The molecule has 1 fully saturated rings. The zero-order valence-corrected chi connectivity index (χ0v) is 13.0. The first-order valence-electron chi connectivity index (χ1n) is 7.79. The zero-order valence-electron chi connectivity index (χ0n) is 13.0. The minimum absolute atomic E-state index is 0.0314. The van der Waals surface area contributed by atoms with Gasteiger partial charge in [-0.15, -0.1) is 0 Å². The van der Waals surface area contributed by atoms with E-state index in [0.717, 1.165) is 44.7 Å². The molecule has 0 aliphatic carbocycles. The molecule has 0 bridgehead atoms. The van der Waals surface area contributed by atoms with Gasteiger partial charge < -0.3 is 10.2 Å². The summed E-state index contributed by atoms with van der Waals surface area (Å²) < 4.78 is 38.0. The molecule has 3 rings (SSSR count). The van der Waals surface area contributed by atoms with E-state index in [1.165, 1.54) is 5.56 Å². The van der Waals surface area contributed by atoms with Gasteiger partial charge in [0.25, 0.3) is 0 Å². The number of aromatic nitrogens is 3. The van der Waals surface area contributed by atoms with Crippen molar-refractivity contribution in [1.29, 1.82) is 0 Å². The summed E-state index contributed by atoms with van der Waals surface area (Å²) in [5, 5.41) is 3.01. The van der Waals surface area contributed by atoms with Crippen LogP contribution in [0.4, 0.5) is 19.1 Å². The number of hydrogen-bond donors (Lipinski definition) is 1. The van der Waals surface area contributed by atoms with E-state index in [1.807, 2.05) is 18.3 Å². The van der Waals surface area contributed by atoms with Crippen LogP contribution in [-0.2, 0) is 12.6 Å². The van der Waals surface area contributed by atoms with Gasteiger partial charge in [0.1, 0.15) is 5.69 Å². The second kappa shape index (κ2) is 7.12. The summed E-state index contributed by atoms with van der Waals surface area (Å²) in [5.41, 5.74) is 0.251. The number of pyridine rings is 1. The molecule has 1 aliphatic heterocycles. The van der Waals surface area contributed by atoms with E-state index in [2.05, 4.69) is 25.2 Å². The SMILES string of the molecule is FC(F)(F)c1ccnc(NC2CCN(CCc3cccnc3)C2)n1. The van der Waals surface area contributed by atoms with Crippen molar-refractivity contribution in [3.05, 3.63) is 48.0 Å². The molecule has 8 heteroatoms. The first-order valence-corrected chi connectivity index (χ1v) is 7.79. The van der Waals surface area contributed by atoms with Gasteiger partial charge in [-0.05, 0) is 30.5 Å². The molecule has 2 aromatic rings. The van der Waals surface area contributed by atoms with Gasteiger partial charge >= 0.3 is 6.18 Å². The van der Waals surface area contributed by atoms with Crippen LogP contribution in [0.15, 0.2) is 36.8 Å². The second-order valence-electron chi connectivity index (χ2n) is 5.81. The van der Waals surface area contributed by atoms with E-state index in [1.54, 1.807) is 6.20 Å². The molecule has 0 radical (unpaired) electrons. The summed E-state index contributed by atoms with van der Waals surface area (Å²) in [6, 6.07) is 4.88. The van der Waals surface area contributed by atoms with Gasteiger partial charge in [0.15, 0.2) is 0 Å². The third-order valence-corrected chi connectivity index (χ3v) is 3.99. The van der Waals surface area contributed by atoms with Crippen molar-refractivity contribution in [3.63, 3.8) is 0 Å². The largest absolute Gasteiger partial charge is 0.433 e. The van der Waals surface area contributed by atoms with Crippen LogP contribution in [0.25, 0.3) is 0 Å². The molecule has 0 spiro atoms. The van der Waals surface area contributed by atoms with Gasteiger partial charge in [-0.25, -0.2) is 9.97 Å².